The fraction of sp³-hybridized carbons (Fsp3) is 0.533. The van der Waals surface area contributed by atoms with Gasteiger partial charge in [-0.15, -0.1) is 5.10 Å². The Morgan fingerprint density at radius 3 is 2.82 bits per heavy atom. The van der Waals surface area contributed by atoms with E-state index in [4.69, 9.17) is 0 Å². The molecular weight excluding hydrogens is 400 g/mol. The molecule has 3 rings (SSSR count). The Hall–Kier alpha value is -2.41. The third-order valence-electron chi connectivity index (χ3n) is 3.64. The number of tetrazole rings is 1. The van der Waals surface area contributed by atoms with E-state index in [1.54, 1.807) is 17.9 Å². The molecule has 150 valence electrons. The Bertz CT molecular complexity index is 954. The number of aromatic nitrogens is 8. The third kappa shape index (κ3) is 4.90. The van der Waals surface area contributed by atoms with Crippen LogP contribution in [-0.4, -0.2) is 70.5 Å². The minimum atomic E-state index is -0.0916. The van der Waals surface area contributed by atoms with Gasteiger partial charge in [-0.2, -0.15) is 5.10 Å². The highest BCUT2D eigenvalue weighted by molar-refractivity contribution is 7.99. The predicted molar refractivity (Wildman–Crippen MR) is 108 cm³/mol. The number of nitrogens with one attached hydrogen (secondary N) is 2. The maximum atomic E-state index is 12.0. The highest BCUT2D eigenvalue weighted by Crippen LogP contribution is 2.23. The molecule has 1 amide bonds. The summed E-state index contributed by atoms with van der Waals surface area (Å²) in [5, 5.41) is 23.9. The molecule has 28 heavy (non-hydrogen) atoms. The van der Waals surface area contributed by atoms with Gasteiger partial charge in [0, 0.05) is 19.6 Å². The normalized spacial score (nSPS) is 11.3. The molecule has 0 bridgehead atoms. The summed E-state index contributed by atoms with van der Waals surface area (Å²) >= 11 is 2.76. The first-order valence-electron chi connectivity index (χ1n) is 8.64. The van der Waals surface area contributed by atoms with Gasteiger partial charge in [0.25, 0.3) is 0 Å². The number of aryl methyl sites for hydroxylation is 1. The van der Waals surface area contributed by atoms with E-state index in [1.807, 2.05) is 6.26 Å². The van der Waals surface area contributed by atoms with Crippen molar-refractivity contribution in [2.75, 3.05) is 23.9 Å². The quantitative estimate of drug-likeness (QED) is 0.377. The minimum absolute atomic E-state index is 0.0916. The van der Waals surface area contributed by atoms with Crippen molar-refractivity contribution in [3.05, 3.63) is 6.20 Å². The first-order chi connectivity index (χ1) is 13.5. The van der Waals surface area contributed by atoms with E-state index in [1.165, 1.54) is 28.2 Å². The van der Waals surface area contributed by atoms with Crippen molar-refractivity contribution in [3.63, 3.8) is 0 Å². The van der Waals surface area contributed by atoms with Crippen LogP contribution in [0.25, 0.3) is 11.0 Å². The second-order valence-electron chi connectivity index (χ2n) is 6.19. The minimum Gasteiger partial charge on any atom is -0.367 e. The molecule has 3 aromatic rings. The van der Waals surface area contributed by atoms with Gasteiger partial charge in [0.2, 0.25) is 11.1 Å². The van der Waals surface area contributed by atoms with E-state index in [0.29, 0.717) is 23.4 Å². The Morgan fingerprint density at radius 1 is 1.32 bits per heavy atom. The number of anilines is 1. The monoisotopic (exact) mass is 422 g/mol. The zero-order valence-electron chi connectivity index (χ0n) is 16.1. The third-order valence-corrected chi connectivity index (χ3v) is 5.20. The zero-order valence-corrected chi connectivity index (χ0v) is 17.7. The Morgan fingerprint density at radius 2 is 2.14 bits per heavy atom. The second-order valence-corrected chi connectivity index (χ2v) is 7.90. The van der Waals surface area contributed by atoms with Crippen LogP contribution >= 0.6 is 23.5 Å². The van der Waals surface area contributed by atoms with Crippen molar-refractivity contribution < 1.29 is 4.79 Å². The van der Waals surface area contributed by atoms with Gasteiger partial charge >= 0.3 is 0 Å². The average molecular weight is 423 g/mol. The van der Waals surface area contributed by atoms with Crippen LogP contribution in [0.1, 0.15) is 13.8 Å². The molecule has 0 atom stereocenters. The summed E-state index contributed by atoms with van der Waals surface area (Å²) in [7, 11) is 1.73. The Kier molecular flexibility index (Phi) is 6.67. The lowest BCUT2D eigenvalue weighted by atomic mass is 10.3. The molecule has 0 saturated carbocycles. The maximum absolute atomic E-state index is 12.0. The number of thioether (sulfide) groups is 2. The lowest BCUT2D eigenvalue weighted by molar-refractivity contribution is -0.118. The van der Waals surface area contributed by atoms with Crippen LogP contribution in [0.3, 0.4) is 0 Å². The smallest absolute Gasteiger partial charge is 0.230 e. The Labute approximate surface area is 170 Å². The van der Waals surface area contributed by atoms with Gasteiger partial charge in [-0.1, -0.05) is 23.5 Å². The lowest BCUT2D eigenvalue weighted by Crippen LogP contribution is -2.29. The zero-order chi connectivity index (χ0) is 20.1. The van der Waals surface area contributed by atoms with E-state index in [9.17, 15) is 4.79 Å². The van der Waals surface area contributed by atoms with Crippen molar-refractivity contribution >= 4 is 46.3 Å². The lowest BCUT2D eigenvalue weighted by Gasteiger charge is -2.11. The van der Waals surface area contributed by atoms with Crippen molar-refractivity contribution in [3.8, 4) is 0 Å². The van der Waals surface area contributed by atoms with Crippen LogP contribution in [0.15, 0.2) is 16.5 Å². The number of hydrogen-bond acceptors (Lipinski definition) is 10. The van der Waals surface area contributed by atoms with Crippen LogP contribution in [0, 0.1) is 0 Å². The summed E-state index contributed by atoms with van der Waals surface area (Å²) < 4.78 is 3.31. The van der Waals surface area contributed by atoms with E-state index in [2.05, 4.69) is 55.1 Å². The van der Waals surface area contributed by atoms with E-state index in [0.717, 1.165) is 16.9 Å². The van der Waals surface area contributed by atoms with Crippen molar-refractivity contribution in [1.82, 2.24) is 45.3 Å². The molecule has 11 nitrogen and oxygen atoms in total. The van der Waals surface area contributed by atoms with Crippen molar-refractivity contribution in [2.45, 2.75) is 36.7 Å². The fourth-order valence-electron chi connectivity index (χ4n) is 2.40. The van der Waals surface area contributed by atoms with Crippen molar-refractivity contribution in [2.24, 2.45) is 7.05 Å². The average Bonchev–Trinajstić information content (AvgIpc) is 3.25. The number of rotatable bonds is 9. The number of fused-ring (bicyclic) bond motifs is 1. The number of amides is 1. The van der Waals surface area contributed by atoms with Gasteiger partial charge in [-0.25, -0.2) is 19.3 Å². The first kappa shape index (κ1) is 20.3. The fourth-order valence-corrected chi connectivity index (χ4v) is 3.44. The van der Waals surface area contributed by atoms with Crippen LogP contribution in [0.4, 0.5) is 5.82 Å². The molecular formula is C15H22N10OS2. The van der Waals surface area contributed by atoms with Crippen LogP contribution in [0.2, 0.25) is 0 Å². The summed E-state index contributed by atoms with van der Waals surface area (Å²) in [6, 6.07) is 0.247. The van der Waals surface area contributed by atoms with Gasteiger partial charge in [0.1, 0.15) is 5.82 Å². The van der Waals surface area contributed by atoms with Gasteiger partial charge in [-0.3, -0.25) is 4.79 Å². The van der Waals surface area contributed by atoms with Crippen LogP contribution < -0.4 is 10.6 Å². The molecule has 0 aliphatic carbocycles. The molecule has 0 saturated heterocycles. The molecule has 0 fully saturated rings. The molecule has 0 aliphatic heterocycles. The highest BCUT2D eigenvalue weighted by Gasteiger charge is 2.14. The summed E-state index contributed by atoms with van der Waals surface area (Å²) in [5.41, 5.74) is 0.747. The first-order valence-corrected chi connectivity index (χ1v) is 10.8. The maximum Gasteiger partial charge on any atom is 0.230 e. The SMILES string of the molecule is CSc1nc(NC(C)C)c2cnn(CCNC(=O)CSc3nnnn3C)c2n1. The topological polar surface area (TPSA) is 128 Å². The summed E-state index contributed by atoms with van der Waals surface area (Å²) in [4.78, 5) is 21.1. The van der Waals surface area contributed by atoms with Gasteiger partial charge in [-0.05, 0) is 30.5 Å². The van der Waals surface area contributed by atoms with E-state index in [-0.39, 0.29) is 17.7 Å². The largest absolute Gasteiger partial charge is 0.367 e. The number of nitrogens with zero attached hydrogens (tertiary/aromatic N) is 8. The molecule has 0 aliphatic rings. The molecule has 0 aromatic carbocycles. The van der Waals surface area contributed by atoms with Gasteiger partial charge < -0.3 is 10.6 Å². The van der Waals surface area contributed by atoms with Crippen LogP contribution in [0.5, 0.6) is 0 Å². The summed E-state index contributed by atoms with van der Waals surface area (Å²) in [5.74, 6) is 0.925. The number of carbonyl (C=O) groups is 1. The molecule has 0 radical (unpaired) electrons. The Balaban J connectivity index is 1.61. The molecule has 0 spiro atoms. The molecule has 0 unspecified atom stereocenters. The van der Waals surface area contributed by atoms with Gasteiger partial charge in [0.15, 0.2) is 10.8 Å². The molecule has 3 aromatic heterocycles. The van der Waals surface area contributed by atoms with Crippen molar-refractivity contribution in [1.29, 1.82) is 0 Å². The van der Waals surface area contributed by atoms with E-state index >= 15 is 0 Å². The summed E-state index contributed by atoms with van der Waals surface area (Å²) in [6.07, 6.45) is 3.69. The predicted octanol–water partition coefficient (Wildman–Crippen LogP) is 0.800. The second kappa shape index (κ2) is 9.19. The van der Waals surface area contributed by atoms with E-state index < -0.39 is 0 Å². The number of hydrogen-bond donors (Lipinski definition) is 2. The molecule has 2 N–H and O–H groups in total. The van der Waals surface area contributed by atoms with Gasteiger partial charge in [0.05, 0.1) is 23.9 Å². The molecule has 3 heterocycles. The number of carbonyl (C=O) groups excluding carboxylic acids is 1. The summed E-state index contributed by atoms with van der Waals surface area (Å²) in [6.45, 7) is 5.07. The highest BCUT2D eigenvalue weighted by atomic mass is 32.2. The standard InChI is InChI=1S/C15H22N10OS2/c1-9(2)18-12-10-7-17-25(13(10)20-14(19-12)27-4)6-5-16-11(26)8-28-15-21-22-23-24(15)3/h7,9H,5-6,8H2,1-4H3,(H,16,26)(H,18,19,20). The van der Waals surface area contributed by atoms with Crippen LogP contribution in [-0.2, 0) is 18.4 Å². The molecule has 13 heteroatoms.